The van der Waals surface area contributed by atoms with Gasteiger partial charge in [0.05, 0.1) is 18.0 Å². The maximum Gasteiger partial charge on any atom is 0.219 e. The summed E-state index contributed by atoms with van der Waals surface area (Å²) in [5, 5.41) is 29.7. The number of benzene rings is 3. The minimum atomic E-state index is 0.0777. The van der Waals surface area contributed by atoms with Crippen LogP contribution >= 0.6 is 0 Å². The number of aliphatic hydroxyl groups excluding tert-OH is 1. The van der Waals surface area contributed by atoms with Gasteiger partial charge >= 0.3 is 0 Å². The molecule has 0 unspecified atom stereocenters. The van der Waals surface area contributed by atoms with Crippen molar-refractivity contribution >= 4 is 5.65 Å². The summed E-state index contributed by atoms with van der Waals surface area (Å²) in [4.78, 5) is 9.76. The quantitative estimate of drug-likeness (QED) is 0.203. The topological polar surface area (TPSA) is 100 Å². The van der Waals surface area contributed by atoms with Crippen molar-refractivity contribution in [2.75, 3.05) is 13.2 Å². The highest BCUT2D eigenvalue weighted by Crippen LogP contribution is 2.29. The van der Waals surface area contributed by atoms with Gasteiger partial charge in [-0.05, 0) is 66.8 Å². The first-order valence-corrected chi connectivity index (χ1v) is 12.9. The van der Waals surface area contributed by atoms with E-state index >= 15 is 0 Å². The molecule has 194 valence electrons. The molecule has 0 saturated carbocycles. The maximum atomic E-state index is 11.2. The van der Waals surface area contributed by atoms with Crippen LogP contribution < -0.4 is 4.74 Å². The van der Waals surface area contributed by atoms with Crippen LogP contribution in [0.3, 0.4) is 0 Å². The zero-order chi connectivity index (χ0) is 26.3. The number of hydrogen-bond acceptors (Lipinski definition) is 6. The second-order valence-corrected chi connectivity index (χ2v) is 9.31. The summed E-state index contributed by atoms with van der Waals surface area (Å²) >= 11 is 0. The molecular formula is C31H31N3O4. The third kappa shape index (κ3) is 5.95. The Morgan fingerprint density at radius 3 is 2.16 bits per heavy atom. The van der Waals surface area contributed by atoms with E-state index in [-0.39, 0.29) is 18.2 Å². The highest BCUT2D eigenvalue weighted by molar-refractivity contribution is 5.64. The number of fused-ring (bicyclic) bond motifs is 1. The molecule has 2 aromatic heterocycles. The number of aliphatic hydroxyl groups is 1. The fourth-order valence-corrected chi connectivity index (χ4v) is 4.42. The van der Waals surface area contributed by atoms with E-state index in [1.54, 1.807) is 16.5 Å². The van der Waals surface area contributed by atoms with Gasteiger partial charge in [0.1, 0.15) is 17.2 Å². The van der Waals surface area contributed by atoms with Crippen LogP contribution in [-0.2, 0) is 12.8 Å². The molecule has 7 nitrogen and oxygen atoms in total. The molecule has 0 radical (unpaired) electrons. The maximum absolute atomic E-state index is 11.2. The van der Waals surface area contributed by atoms with Gasteiger partial charge in [-0.25, -0.2) is 9.97 Å². The Bertz CT molecular complexity index is 1480. The Morgan fingerprint density at radius 1 is 0.711 bits per heavy atom. The zero-order valence-corrected chi connectivity index (χ0v) is 21.1. The fourth-order valence-electron chi connectivity index (χ4n) is 4.42. The average Bonchev–Trinajstić information content (AvgIpc) is 3.26. The van der Waals surface area contributed by atoms with Crippen molar-refractivity contribution in [2.24, 2.45) is 0 Å². The van der Waals surface area contributed by atoms with E-state index < -0.39 is 0 Å². The number of imidazole rings is 1. The zero-order valence-electron chi connectivity index (χ0n) is 21.1. The molecule has 2 heterocycles. The molecule has 5 rings (SSSR count). The van der Waals surface area contributed by atoms with Gasteiger partial charge in [0.25, 0.3) is 0 Å². The molecule has 0 aliphatic heterocycles. The van der Waals surface area contributed by atoms with Crippen molar-refractivity contribution in [3.05, 3.63) is 108 Å². The van der Waals surface area contributed by atoms with Gasteiger partial charge in [-0.1, -0.05) is 42.5 Å². The summed E-state index contributed by atoms with van der Waals surface area (Å²) in [5.41, 5.74) is 5.60. The highest BCUT2D eigenvalue weighted by atomic mass is 16.5. The highest BCUT2D eigenvalue weighted by Gasteiger charge is 2.18. The Kier molecular flexibility index (Phi) is 7.85. The van der Waals surface area contributed by atoms with Crippen LogP contribution in [0.2, 0.25) is 0 Å². The third-order valence-corrected chi connectivity index (χ3v) is 6.46. The van der Waals surface area contributed by atoms with E-state index in [4.69, 9.17) is 19.8 Å². The molecule has 7 heteroatoms. The van der Waals surface area contributed by atoms with Crippen molar-refractivity contribution in [3.63, 3.8) is 0 Å². The summed E-state index contributed by atoms with van der Waals surface area (Å²) in [6.45, 7) is 0.820. The van der Waals surface area contributed by atoms with Crippen molar-refractivity contribution in [1.29, 1.82) is 0 Å². The number of phenolic OH excluding ortho intramolecular Hbond substituents is 1. The Hall–Kier alpha value is -4.36. The summed E-state index contributed by atoms with van der Waals surface area (Å²) in [5.74, 6) is 1.06. The lowest BCUT2D eigenvalue weighted by Crippen LogP contribution is -2.01. The van der Waals surface area contributed by atoms with Gasteiger partial charge in [-0.15, -0.1) is 0 Å². The number of ether oxygens (including phenoxy) is 1. The molecule has 0 spiro atoms. The molecule has 0 atom stereocenters. The first-order valence-electron chi connectivity index (χ1n) is 12.9. The van der Waals surface area contributed by atoms with Gasteiger partial charge in [-0.2, -0.15) is 0 Å². The standard InChI is InChI=1S/C31H31N3O4/c35-17-5-2-6-18-38-26-15-11-24(12-16-26)29-21-34-30(27(32-29)19-22-7-3-1-4-8-22)33-28(31(34)37)20-23-9-13-25(36)14-10-23/h1,3-4,7-16,21,35-37H,2,5-6,17-20H2. The van der Waals surface area contributed by atoms with Gasteiger partial charge in [0.2, 0.25) is 5.88 Å². The van der Waals surface area contributed by atoms with Gasteiger partial charge < -0.3 is 20.1 Å². The lowest BCUT2D eigenvalue weighted by atomic mass is 10.1. The monoisotopic (exact) mass is 509 g/mol. The minimum absolute atomic E-state index is 0.0777. The van der Waals surface area contributed by atoms with Crippen molar-refractivity contribution in [2.45, 2.75) is 32.1 Å². The summed E-state index contributed by atoms with van der Waals surface area (Å²) in [7, 11) is 0. The van der Waals surface area contributed by atoms with Crippen LogP contribution in [0.4, 0.5) is 0 Å². The van der Waals surface area contributed by atoms with Crippen LogP contribution in [0.5, 0.6) is 17.4 Å². The van der Waals surface area contributed by atoms with Crippen LogP contribution in [-0.4, -0.2) is 42.9 Å². The Balaban J connectivity index is 1.47. The lowest BCUT2D eigenvalue weighted by molar-refractivity contribution is 0.266. The van der Waals surface area contributed by atoms with Crippen molar-refractivity contribution < 1.29 is 20.1 Å². The number of phenols is 1. The van der Waals surface area contributed by atoms with Gasteiger partial charge in [0.15, 0.2) is 5.65 Å². The van der Waals surface area contributed by atoms with E-state index in [1.165, 1.54) is 0 Å². The third-order valence-electron chi connectivity index (χ3n) is 6.46. The summed E-state index contributed by atoms with van der Waals surface area (Å²) < 4.78 is 7.54. The SMILES string of the molecule is OCCCCCOc1ccc(-c2cn3c(O)c(Cc4ccc(O)cc4)nc3c(Cc3ccccc3)n2)cc1. The first kappa shape index (κ1) is 25.3. The smallest absolute Gasteiger partial charge is 0.219 e. The van der Waals surface area contributed by atoms with E-state index in [0.29, 0.717) is 30.8 Å². The summed E-state index contributed by atoms with van der Waals surface area (Å²) in [6, 6.07) is 24.8. The predicted molar refractivity (Wildman–Crippen MR) is 147 cm³/mol. The normalized spacial score (nSPS) is 11.2. The Labute approximate surface area is 221 Å². The van der Waals surface area contributed by atoms with E-state index in [9.17, 15) is 10.2 Å². The molecule has 5 aromatic rings. The minimum Gasteiger partial charge on any atom is -0.508 e. The number of unbranched alkanes of at least 4 members (excludes halogenated alkanes) is 2. The molecule has 3 aromatic carbocycles. The number of aromatic hydroxyl groups is 2. The molecule has 0 aliphatic carbocycles. The number of aromatic nitrogens is 3. The van der Waals surface area contributed by atoms with E-state index in [2.05, 4.69) is 12.1 Å². The van der Waals surface area contributed by atoms with E-state index in [1.807, 2.05) is 60.8 Å². The second-order valence-electron chi connectivity index (χ2n) is 9.31. The summed E-state index contributed by atoms with van der Waals surface area (Å²) in [6.07, 6.45) is 5.44. The number of nitrogens with zero attached hydrogens (tertiary/aromatic N) is 3. The molecule has 0 aliphatic rings. The molecular weight excluding hydrogens is 478 g/mol. The molecule has 0 amide bonds. The number of hydrogen-bond donors (Lipinski definition) is 3. The molecule has 0 saturated heterocycles. The number of rotatable bonds is 11. The van der Waals surface area contributed by atoms with Crippen LogP contribution in [0.25, 0.3) is 16.9 Å². The molecule has 38 heavy (non-hydrogen) atoms. The molecule has 0 bridgehead atoms. The van der Waals surface area contributed by atoms with Gasteiger partial charge in [0, 0.05) is 31.2 Å². The second kappa shape index (κ2) is 11.8. The van der Waals surface area contributed by atoms with Crippen LogP contribution in [0, 0.1) is 0 Å². The lowest BCUT2D eigenvalue weighted by Gasteiger charge is -2.10. The fraction of sp³-hybridized carbons (Fsp3) is 0.226. The largest absolute Gasteiger partial charge is 0.508 e. The average molecular weight is 510 g/mol. The van der Waals surface area contributed by atoms with Crippen LogP contribution in [0.15, 0.2) is 85.1 Å². The van der Waals surface area contributed by atoms with Gasteiger partial charge in [-0.3, -0.25) is 4.40 Å². The van der Waals surface area contributed by atoms with Crippen LogP contribution in [0.1, 0.15) is 41.8 Å². The predicted octanol–water partition coefficient (Wildman–Crippen LogP) is 5.53. The Morgan fingerprint density at radius 2 is 1.42 bits per heavy atom. The molecule has 3 N–H and O–H groups in total. The first-order chi connectivity index (χ1) is 18.6. The molecule has 0 fully saturated rings. The van der Waals surface area contributed by atoms with Crippen molar-refractivity contribution in [1.82, 2.24) is 14.4 Å². The van der Waals surface area contributed by atoms with E-state index in [0.717, 1.165) is 53.1 Å². The van der Waals surface area contributed by atoms with Crippen molar-refractivity contribution in [3.8, 4) is 28.6 Å².